The van der Waals surface area contributed by atoms with Crippen LogP contribution in [-0.2, 0) is 9.47 Å². The number of nitrogens with one attached hydrogen (secondary N) is 1. The Morgan fingerprint density at radius 1 is 1.20 bits per heavy atom. The summed E-state index contributed by atoms with van der Waals surface area (Å²) in [6, 6.07) is 10.2. The third kappa shape index (κ3) is 2.94. The Bertz CT molecular complexity index is 294. The highest BCUT2D eigenvalue weighted by Crippen LogP contribution is 2.22. The van der Waals surface area contributed by atoms with Gasteiger partial charge in [0, 0.05) is 18.7 Å². The maximum absolute atomic E-state index is 5.52. The summed E-state index contributed by atoms with van der Waals surface area (Å²) in [7, 11) is 0. The Hall–Kier alpha value is -1.06. The molecule has 2 rings (SSSR count). The van der Waals surface area contributed by atoms with Crippen molar-refractivity contribution in [2.75, 3.05) is 25.1 Å². The van der Waals surface area contributed by atoms with Crippen molar-refractivity contribution in [3.05, 3.63) is 30.3 Å². The smallest absolute Gasteiger partial charge is 0.167 e. The average molecular weight is 207 g/mol. The van der Waals surface area contributed by atoms with Crippen LogP contribution < -0.4 is 5.32 Å². The van der Waals surface area contributed by atoms with Crippen LogP contribution in [0.15, 0.2) is 30.3 Å². The second-order valence-corrected chi connectivity index (χ2v) is 3.87. The molecule has 1 fully saturated rings. The zero-order valence-electron chi connectivity index (χ0n) is 9.03. The van der Waals surface area contributed by atoms with E-state index in [1.165, 1.54) is 0 Å². The van der Waals surface area contributed by atoms with Gasteiger partial charge in [-0.15, -0.1) is 0 Å². The van der Waals surface area contributed by atoms with Crippen molar-refractivity contribution < 1.29 is 9.47 Å². The van der Waals surface area contributed by atoms with Gasteiger partial charge in [-0.25, -0.2) is 0 Å². The van der Waals surface area contributed by atoms with E-state index in [1.807, 2.05) is 25.1 Å². The first-order chi connectivity index (χ1) is 7.29. The lowest BCUT2D eigenvalue weighted by Crippen LogP contribution is -2.28. The Morgan fingerprint density at radius 3 is 2.53 bits per heavy atom. The van der Waals surface area contributed by atoms with Gasteiger partial charge in [0.05, 0.1) is 13.2 Å². The lowest BCUT2D eigenvalue weighted by Gasteiger charge is -2.22. The molecular weight excluding hydrogens is 190 g/mol. The first-order valence-corrected chi connectivity index (χ1v) is 5.35. The highest BCUT2D eigenvalue weighted by molar-refractivity contribution is 5.42. The normalized spacial score (nSPS) is 19.0. The van der Waals surface area contributed by atoms with E-state index in [-0.39, 0.29) is 5.79 Å². The number of ether oxygens (including phenoxy) is 2. The molecule has 3 heteroatoms. The summed E-state index contributed by atoms with van der Waals surface area (Å²) in [5.41, 5.74) is 1.14. The van der Waals surface area contributed by atoms with Gasteiger partial charge in [0.25, 0.3) is 0 Å². The monoisotopic (exact) mass is 207 g/mol. The van der Waals surface area contributed by atoms with Gasteiger partial charge in [0.1, 0.15) is 0 Å². The summed E-state index contributed by atoms with van der Waals surface area (Å²) in [6.07, 6.45) is 0.863. The molecule has 0 aromatic heterocycles. The van der Waals surface area contributed by atoms with Crippen LogP contribution in [0.25, 0.3) is 0 Å². The number of para-hydroxylation sites is 1. The van der Waals surface area contributed by atoms with Crippen LogP contribution in [0.5, 0.6) is 0 Å². The van der Waals surface area contributed by atoms with E-state index in [1.54, 1.807) is 0 Å². The molecule has 82 valence electrons. The zero-order chi connectivity index (χ0) is 10.6. The maximum Gasteiger partial charge on any atom is 0.167 e. The van der Waals surface area contributed by atoms with E-state index in [2.05, 4.69) is 17.4 Å². The van der Waals surface area contributed by atoms with Gasteiger partial charge in [-0.3, -0.25) is 0 Å². The molecule has 3 nitrogen and oxygen atoms in total. The van der Waals surface area contributed by atoms with Gasteiger partial charge in [0.15, 0.2) is 5.79 Å². The summed E-state index contributed by atoms with van der Waals surface area (Å²) in [6.45, 7) is 4.27. The molecule has 0 unspecified atom stereocenters. The third-order valence-electron chi connectivity index (χ3n) is 2.58. The number of hydrogen-bond donors (Lipinski definition) is 1. The maximum atomic E-state index is 5.52. The van der Waals surface area contributed by atoms with Crippen LogP contribution in [0, 0.1) is 0 Å². The van der Waals surface area contributed by atoms with Crippen LogP contribution in [0.4, 0.5) is 5.69 Å². The van der Waals surface area contributed by atoms with Crippen molar-refractivity contribution in [3.63, 3.8) is 0 Å². The summed E-state index contributed by atoms with van der Waals surface area (Å²) < 4.78 is 11.0. The molecule has 0 amide bonds. The molecule has 1 N–H and O–H groups in total. The van der Waals surface area contributed by atoms with Crippen molar-refractivity contribution in [1.82, 2.24) is 0 Å². The van der Waals surface area contributed by atoms with Gasteiger partial charge in [-0.1, -0.05) is 18.2 Å². The van der Waals surface area contributed by atoms with Crippen LogP contribution >= 0.6 is 0 Å². The predicted octanol–water partition coefficient (Wildman–Crippen LogP) is 2.25. The lowest BCUT2D eigenvalue weighted by molar-refractivity contribution is -0.144. The molecule has 0 atom stereocenters. The van der Waals surface area contributed by atoms with Crippen LogP contribution in [-0.4, -0.2) is 25.5 Å². The molecule has 0 bridgehead atoms. The van der Waals surface area contributed by atoms with Crippen molar-refractivity contribution >= 4 is 5.69 Å². The Morgan fingerprint density at radius 2 is 1.87 bits per heavy atom. The molecule has 15 heavy (non-hydrogen) atoms. The molecule has 0 spiro atoms. The Labute approximate surface area is 90.4 Å². The van der Waals surface area contributed by atoms with Crippen molar-refractivity contribution in [3.8, 4) is 0 Å². The van der Waals surface area contributed by atoms with Crippen molar-refractivity contribution in [2.24, 2.45) is 0 Å². The fourth-order valence-corrected chi connectivity index (χ4v) is 1.69. The SMILES string of the molecule is CC1(CCNc2ccccc2)OCCO1. The van der Waals surface area contributed by atoms with Crippen LogP contribution in [0.1, 0.15) is 13.3 Å². The van der Waals surface area contributed by atoms with E-state index in [0.29, 0.717) is 13.2 Å². The second-order valence-electron chi connectivity index (χ2n) is 3.87. The van der Waals surface area contributed by atoms with E-state index in [4.69, 9.17) is 9.47 Å². The third-order valence-corrected chi connectivity index (χ3v) is 2.58. The van der Waals surface area contributed by atoms with Crippen molar-refractivity contribution in [1.29, 1.82) is 0 Å². The topological polar surface area (TPSA) is 30.5 Å². The second kappa shape index (κ2) is 4.64. The Balaban J connectivity index is 1.75. The number of benzene rings is 1. The van der Waals surface area contributed by atoms with Gasteiger partial charge < -0.3 is 14.8 Å². The molecular formula is C12H17NO2. The largest absolute Gasteiger partial charge is 0.385 e. The van der Waals surface area contributed by atoms with E-state index < -0.39 is 0 Å². The molecule has 0 saturated carbocycles. The molecule has 1 aromatic carbocycles. The van der Waals surface area contributed by atoms with E-state index >= 15 is 0 Å². The molecule has 1 aromatic rings. The lowest BCUT2D eigenvalue weighted by atomic mass is 10.2. The molecule has 1 heterocycles. The molecule has 1 aliphatic rings. The van der Waals surface area contributed by atoms with Gasteiger partial charge in [-0.05, 0) is 19.1 Å². The minimum Gasteiger partial charge on any atom is -0.385 e. The number of hydrogen-bond acceptors (Lipinski definition) is 3. The number of rotatable bonds is 4. The summed E-state index contributed by atoms with van der Waals surface area (Å²) in [5, 5.41) is 3.34. The Kier molecular flexibility index (Phi) is 3.23. The van der Waals surface area contributed by atoms with Crippen LogP contribution in [0.3, 0.4) is 0 Å². The zero-order valence-corrected chi connectivity index (χ0v) is 9.03. The van der Waals surface area contributed by atoms with Gasteiger partial charge in [0.2, 0.25) is 0 Å². The van der Waals surface area contributed by atoms with Crippen LogP contribution in [0.2, 0.25) is 0 Å². The molecule has 1 aliphatic heterocycles. The first kappa shape index (κ1) is 10.5. The summed E-state index contributed by atoms with van der Waals surface area (Å²) >= 11 is 0. The summed E-state index contributed by atoms with van der Waals surface area (Å²) in [5.74, 6) is -0.387. The number of anilines is 1. The van der Waals surface area contributed by atoms with Gasteiger partial charge >= 0.3 is 0 Å². The highest BCUT2D eigenvalue weighted by atomic mass is 16.7. The minimum atomic E-state index is -0.387. The molecule has 1 saturated heterocycles. The molecule has 0 radical (unpaired) electrons. The van der Waals surface area contributed by atoms with Crippen molar-refractivity contribution in [2.45, 2.75) is 19.1 Å². The minimum absolute atomic E-state index is 0.387. The molecule has 0 aliphatic carbocycles. The fraction of sp³-hybridized carbons (Fsp3) is 0.500. The first-order valence-electron chi connectivity index (χ1n) is 5.35. The average Bonchev–Trinajstić information content (AvgIpc) is 2.67. The predicted molar refractivity (Wildman–Crippen MR) is 59.9 cm³/mol. The van der Waals surface area contributed by atoms with E-state index in [9.17, 15) is 0 Å². The highest BCUT2D eigenvalue weighted by Gasteiger charge is 2.29. The standard InChI is InChI=1S/C12H17NO2/c1-12(14-9-10-15-12)7-8-13-11-5-3-2-4-6-11/h2-6,13H,7-10H2,1H3. The van der Waals surface area contributed by atoms with E-state index in [0.717, 1.165) is 18.7 Å². The quantitative estimate of drug-likeness (QED) is 0.821. The van der Waals surface area contributed by atoms with Gasteiger partial charge in [-0.2, -0.15) is 0 Å². The summed E-state index contributed by atoms with van der Waals surface area (Å²) in [4.78, 5) is 0. The fourth-order valence-electron chi connectivity index (χ4n) is 1.69.